The van der Waals surface area contributed by atoms with Crippen LogP contribution in [0, 0.1) is 0 Å². The molecular weight excluding hydrogens is 312 g/mol. The summed E-state index contributed by atoms with van der Waals surface area (Å²) in [5.74, 6) is 0.566. The maximum absolute atomic E-state index is 12.4. The van der Waals surface area contributed by atoms with E-state index >= 15 is 0 Å². The van der Waals surface area contributed by atoms with Gasteiger partial charge in [0.05, 0.1) is 0 Å². The van der Waals surface area contributed by atoms with Crippen LogP contribution in [-0.4, -0.2) is 25.1 Å². The molecule has 4 heteroatoms. The van der Waals surface area contributed by atoms with E-state index in [0.29, 0.717) is 0 Å². The molecule has 0 aromatic heterocycles. The molecule has 0 spiro atoms. The van der Waals surface area contributed by atoms with E-state index in [1.54, 1.807) is 6.92 Å². The normalized spacial score (nSPS) is 11.7. The molecule has 4 nitrogen and oxygen atoms in total. The topological polar surface area (TPSA) is 41.6 Å². The number of ether oxygens (including phenoxy) is 1. The van der Waals surface area contributed by atoms with Crippen molar-refractivity contribution in [2.75, 3.05) is 23.3 Å². The molecule has 2 rings (SSSR count). The number of carbonyl (C=O) groups is 1. The summed E-state index contributed by atoms with van der Waals surface area (Å²) < 4.78 is 5.77. The average molecular weight is 340 g/mol. The second kappa shape index (κ2) is 9.11. The van der Waals surface area contributed by atoms with Crippen LogP contribution < -0.4 is 15.0 Å². The van der Waals surface area contributed by atoms with Crippen LogP contribution >= 0.6 is 0 Å². The average Bonchev–Trinajstić information content (AvgIpc) is 2.64. The van der Waals surface area contributed by atoms with Crippen molar-refractivity contribution in [1.29, 1.82) is 0 Å². The predicted octanol–water partition coefficient (Wildman–Crippen LogP) is 4.50. The van der Waals surface area contributed by atoms with Gasteiger partial charge in [-0.3, -0.25) is 4.79 Å². The molecule has 0 saturated carbocycles. The van der Waals surface area contributed by atoms with E-state index in [-0.39, 0.29) is 5.91 Å². The maximum atomic E-state index is 12.4. The zero-order valence-electron chi connectivity index (χ0n) is 15.6. The molecule has 1 N–H and O–H groups in total. The quantitative estimate of drug-likeness (QED) is 0.769. The molecule has 2 aromatic carbocycles. The molecule has 1 atom stereocenters. The highest BCUT2D eigenvalue weighted by molar-refractivity contribution is 5.94. The highest BCUT2D eigenvalue weighted by Crippen LogP contribution is 2.19. The van der Waals surface area contributed by atoms with E-state index in [1.807, 2.05) is 42.5 Å². The van der Waals surface area contributed by atoms with Crippen LogP contribution in [0.15, 0.2) is 48.5 Å². The summed E-state index contributed by atoms with van der Waals surface area (Å²) in [4.78, 5) is 14.6. The van der Waals surface area contributed by atoms with Gasteiger partial charge >= 0.3 is 0 Å². The molecule has 0 aliphatic carbocycles. The van der Waals surface area contributed by atoms with E-state index in [1.165, 1.54) is 5.56 Å². The number of anilines is 2. The van der Waals surface area contributed by atoms with E-state index in [0.717, 1.165) is 36.6 Å². The summed E-state index contributed by atoms with van der Waals surface area (Å²) in [6, 6.07) is 15.8. The second-order valence-electron chi connectivity index (χ2n) is 5.97. The fraction of sp³-hybridized carbons (Fsp3) is 0.381. The Morgan fingerprint density at radius 1 is 1.08 bits per heavy atom. The minimum Gasteiger partial charge on any atom is -0.481 e. The molecule has 2 aromatic rings. The van der Waals surface area contributed by atoms with Crippen LogP contribution in [0.5, 0.6) is 5.75 Å². The third-order valence-electron chi connectivity index (χ3n) is 4.25. The number of hydrogen-bond donors (Lipinski definition) is 1. The highest BCUT2D eigenvalue weighted by atomic mass is 16.5. The second-order valence-corrected chi connectivity index (χ2v) is 5.97. The predicted molar refractivity (Wildman–Crippen MR) is 105 cm³/mol. The number of nitrogens with zero attached hydrogens (tertiary/aromatic N) is 1. The fourth-order valence-corrected chi connectivity index (χ4v) is 2.68. The highest BCUT2D eigenvalue weighted by Gasteiger charge is 2.15. The van der Waals surface area contributed by atoms with Crippen molar-refractivity contribution in [3.63, 3.8) is 0 Å². The third kappa shape index (κ3) is 5.24. The van der Waals surface area contributed by atoms with Crippen molar-refractivity contribution in [3.8, 4) is 5.75 Å². The smallest absolute Gasteiger partial charge is 0.265 e. The number of benzene rings is 2. The van der Waals surface area contributed by atoms with E-state index in [4.69, 9.17) is 4.74 Å². The molecule has 0 saturated heterocycles. The lowest BCUT2D eigenvalue weighted by Gasteiger charge is -2.21. The molecular formula is C21H28N2O2. The zero-order chi connectivity index (χ0) is 18.2. The standard InChI is InChI=1S/C21H28N2O2/c1-5-17-9-8-10-20(15-17)25-16(4)21(24)22-18-11-13-19(14-12-18)23(6-2)7-3/h8-16H,5-7H2,1-4H3,(H,22,24). The Bertz CT molecular complexity index is 679. The molecule has 0 aliphatic rings. The summed E-state index contributed by atoms with van der Waals surface area (Å²) in [7, 11) is 0. The number of hydrogen-bond acceptors (Lipinski definition) is 3. The van der Waals surface area contributed by atoms with Crippen molar-refractivity contribution in [3.05, 3.63) is 54.1 Å². The first-order valence-electron chi connectivity index (χ1n) is 8.98. The Labute approximate surface area is 150 Å². The van der Waals surface area contributed by atoms with Crippen LogP contribution in [-0.2, 0) is 11.2 Å². The Morgan fingerprint density at radius 3 is 2.36 bits per heavy atom. The van der Waals surface area contributed by atoms with Gasteiger partial charge in [-0.15, -0.1) is 0 Å². The Morgan fingerprint density at radius 2 is 1.76 bits per heavy atom. The lowest BCUT2D eigenvalue weighted by Crippen LogP contribution is -2.30. The van der Waals surface area contributed by atoms with Crippen molar-refractivity contribution in [1.82, 2.24) is 0 Å². The van der Waals surface area contributed by atoms with E-state index < -0.39 is 6.10 Å². The summed E-state index contributed by atoms with van der Waals surface area (Å²) >= 11 is 0. The van der Waals surface area contributed by atoms with Crippen LogP contribution in [0.4, 0.5) is 11.4 Å². The summed E-state index contributed by atoms with van der Waals surface area (Å²) in [5, 5.41) is 2.91. The van der Waals surface area contributed by atoms with E-state index in [2.05, 4.69) is 37.1 Å². The first-order chi connectivity index (χ1) is 12.1. The molecule has 0 fully saturated rings. The van der Waals surface area contributed by atoms with Gasteiger partial charge in [0.15, 0.2) is 6.10 Å². The van der Waals surface area contributed by atoms with Crippen LogP contribution in [0.3, 0.4) is 0 Å². The number of carbonyl (C=O) groups excluding carboxylic acids is 1. The van der Waals surface area contributed by atoms with Gasteiger partial charge in [0.2, 0.25) is 0 Å². The minimum atomic E-state index is -0.561. The molecule has 0 bridgehead atoms. The van der Waals surface area contributed by atoms with Crippen LogP contribution in [0.2, 0.25) is 0 Å². The lowest BCUT2D eigenvalue weighted by molar-refractivity contribution is -0.122. The largest absolute Gasteiger partial charge is 0.481 e. The Kier molecular flexibility index (Phi) is 6.87. The molecule has 0 aliphatic heterocycles. The van der Waals surface area contributed by atoms with Crippen molar-refractivity contribution in [2.45, 2.75) is 40.2 Å². The number of aryl methyl sites for hydroxylation is 1. The van der Waals surface area contributed by atoms with Gasteiger partial charge in [0, 0.05) is 24.5 Å². The van der Waals surface area contributed by atoms with Gasteiger partial charge in [0.1, 0.15) is 5.75 Å². The Balaban J connectivity index is 1.96. The van der Waals surface area contributed by atoms with Crippen molar-refractivity contribution in [2.24, 2.45) is 0 Å². The van der Waals surface area contributed by atoms with E-state index in [9.17, 15) is 4.79 Å². The monoisotopic (exact) mass is 340 g/mol. The first kappa shape index (κ1) is 18.8. The van der Waals surface area contributed by atoms with Crippen LogP contribution in [0.25, 0.3) is 0 Å². The van der Waals surface area contributed by atoms with Gasteiger partial charge < -0.3 is 15.0 Å². The first-order valence-corrected chi connectivity index (χ1v) is 8.98. The number of amides is 1. The van der Waals surface area contributed by atoms with Gasteiger partial charge in [-0.2, -0.15) is 0 Å². The van der Waals surface area contributed by atoms with Crippen molar-refractivity contribution < 1.29 is 9.53 Å². The molecule has 1 unspecified atom stereocenters. The molecule has 25 heavy (non-hydrogen) atoms. The van der Waals surface area contributed by atoms with Crippen molar-refractivity contribution >= 4 is 17.3 Å². The summed E-state index contributed by atoms with van der Waals surface area (Å²) in [5.41, 5.74) is 3.12. The number of nitrogens with one attached hydrogen (secondary N) is 1. The Hall–Kier alpha value is -2.49. The van der Waals surface area contributed by atoms with Gasteiger partial charge in [-0.05, 0) is 69.2 Å². The molecule has 134 valence electrons. The zero-order valence-corrected chi connectivity index (χ0v) is 15.6. The van der Waals surface area contributed by atoms with Gasteiger partial charge in [0.25, 0.3) is 5.91 Å². The van der Waals surface area contributed by atoms with Gasteiger partial charge in [-0.25, -0.2) is 0 Å². The molecule has 0 radical (unpaired) electrons. The molecule has 1 amide bonds. The van der Waals surface area contributed by atoms with Crippen LogP contribution in [0.1, 0.15) is 33.3 Å². The molecule has 0 heterocycles. The SMILES string of the molecule is CCc1cccc(OC(C)C(=O)Nc2ccc(N(CC)CC)cc2)c1. The third-order valence-corrected chi connectivity index (χ3v) is 4.25. The minimum absolute atomic E-state index is 0.155. The fourth-order valence-electron chi connectivity index (χ4n) is 2.68. The number of rotatable bonds is 8. The summed E-state index contributed by atoms with van der Waals surface area (Å²) in [6.07, 6.45) is 0.381. The lowest BCUT2D eigenvalue weighted by atomic mass is 10.2. The summed E-state index contributed by atoms with van der Waals surface area (Å²) in [6.45, 7) is 10.0. The maximum Gasteiger partial charge on any atom is 0.265 e. The van der Waals surface area contributed by atoms with Gasteiger partial charge in [-0.1, -0.05) is 19.1 Å².